The number of alkyl halides is 8. The van der Waals surface area contributed by atoms with E-state index in [4.69, 9.17) is 4.74 Å². The molecule has 0 amide bonds. The zero-order valence-electron chi connectivity index (χ0n) is 13.6. The molecule has 0 radical (unpaired) electrons. The number of rotatable bonds is 8. The van der Waals surface area contributed by atoms with Crippen molar-refractivity contribution in [3.8, 4) is 23.0 Å². The number of halogens is 10. The SMILES string of the molecule is FC(F)C(F)(F)Oc1cccc(Oc2cccc(OC(F)(F)C(F)F)c2Br)c1Br. The first kappa shape index (κ1) is 23.5. The van der Waals surface area contributed by atoms with Crippen LogP contribution >= 0.6 is 31.9 Å². The van der Waals surface area contributed by atoms with Crippen LogP contribution in [0.25, 0.3) is 0 Å². The molecular weight excluding hydrogens is 552 g/mol. The summed E-state index contributed by atoms with van der Waals surface area (Å²) in [6.45, 7) is 0. The Balaban J connectivity index is 2.31. The summed E-state index contributed by atoms with van der Waals surface area (Å²) in [5.41, 5.74) is 0. The average Bonchev–Trinajstić information content (AvgIpc) is 2.61. The van der Waals surface area contributed by atoms with Crippen LogP contribution in [0.3, 0.4) is 0 Å². The summed E-state index contributed by atoms with van der Waals surface area (Å²) in [4.78, 5) is 0. The molecule has 0 N–H and O–H groups in total. The first-order chi connectivity index (χ1) is 13.3. The van der Waals surface area contributed by atoms with Crippen LogP contribution in [-0.2, 0) is 0 Å². The van der Waals surface area contributed by atoms with Gasteiger partial charge in [0.2, 0.25) is 0 Å². The number of benzene rings is 2. The van der Waals surface area contributed by atoms with Gasteiger partial charge in [0.1, 0.15) is 31.9 Å². The Kier molecular flexibility index (Phi) is 7.25. The van der Waals surface area contributed by atoms with Crippen molar-refractivity contribution < 1.29 is 49.3 Å². The van der Waals surface area contributed by atoms with E-state index in [9.17, 15) is 35.1 Å². The van der Waals surface area contributed by atoms with E-state index in [2.05, 4.69) is 41.3 Å². The van der Waals surface area contributed by atoms with Crippen LogP contribution in [0.4, 0.5) is 35.1 Å². The molecule has 0 aliphatic carbocycles. The van der Waals surface area contributed by atoms with Crippen LogP contribution in [0.15, 0.2) is 45.3 Å². The number of ether oxygens (including phenoxy) is 3. The minimum absolute atomic E-state index is 0.231. The summed E-state index contributed by atoms with van der Waals surface area (Å²) in [6.07, 6.45) is -17.8. The quantitative estimate of drug-likeness (QED) is 0.314. The maximum Gasteiger partial charge on any atom is 0.461 e. The molecule has 0 aliphatic heterocycles. The second kappa shape index (κ2) is 8.94. The van der Waals surface area contributed by atoms with Gasteiger partial charge in [0.15, 0.2) is 0 Å². The summed E-state index contributed by atoms with van der Waals surface area (Å²) in [5, 5.41) is 0. The van der Waals surface area contributed by atoms with Crippen LogP contribution in [0.1, 0.15) is 0 Å². The molecule has 0 heterocycles. The number of hydrogen-bond donors (Lipinski definition) is 0. The van der Waals surface area contributed by atoms with E-state index in [-0.39, 0.29) is 20.4 Å². The molecule has 2 aromatic carbocycles. The Morgan fingerprint density at radius 3 is 1.24 bits per heavy atom. The highest BCUT2D eigenvalue weighted by molar-refractivity contribution is 9.11. The standard InChI is InChI=1S/C16H8Br2F8O3/c17-11-7(3-1-5-9(11)28-15(23,24)13(19)20)27-8-4-2-6-10(12(8)18)29-16(25,26)14(21)22/h1-6,13-14H. The zero-order chi connectivity index (χ0) is 22.0. The summed E-state index contributed by atoms with van der Waals surface area (Å²) in [5.74, 6) is -1.85. The minimum atomic E-state index is -4.78. The number of hydrogen-bond acceptors (Lipinski definition) is 3. The van der Waals surface area contributed by atoms with Gasteiger partial charge in [0.05, 0.1) is 0 Å². The van der Waals surface area contributed by atoms with Crippen LogP contribution in [0.5, 0.6) is 23.0 Å². The fraction of sp³-hybridized carbons (Fsp3) is 0.250. The van der Waals surface area contributed by atoms with Crippen molar-refractivity contribution in [3.63, 3.8) is 0 Å². The molecule has 0 fully saturated rings. The highest BCUT2D eigenvalue weighted by Crippen LogP contribution is 2.44. The van der Waals surface area contributed by atoms with Gasteiger partial charge in [-0.3, -0.25) is 0 Å². The normalized spacial score (nSPS) is 12.4. The highest BCUT2D eigenvalue weighted by atomic mass is 79.9. The third-order valence-corrected chi connectivity index (χ3v) is 4.64. The van der Waals surface area contributed by atoms with Crippen molar-refractivity contribution in [2.75, 3.05) is 0 Å². The topological polar surface area (TPSA) is 27.7 Å². The highest BCUT2D eigenvalue weighted by Gasteiger charge is 2.45. The minimum Gasteiger partial charge on any atom is -0.455 e. The van der Waals surface area contributed by atoms with Crippen molar-refractivity contribution >= 4 is 31.9 Å². The lowest BCUT2D eigenvalue weighted by molar-refractivity contribution is -0.253. The lowest BCUT2D eigenvalue weighted by atomic mass is 10.3. The molecule has 29 heavy (non-hydrogen) atoms. The molecule has 13 heteroatoms. The monoisotopic (exact) mass is 558 g/mol. The molecule has 0 spiro atoms. The molecule has 160 valence electrons. The maximum absolute atomic E-state index is 13.1. The summed E-state index contributed by atoms with van der Waals surface area (Å²) >= 11 is 5.72. The Morgan fingerprint density at radius 2 is 0.931 bits per heavy atom. The maximum atomic E-state index is 13.1. The van der Waals surface area contributed by atoms with Crippen LogP contribution < -0.4 is 14.2 Å². The molecule has 0 bridgehead atoms. The first-order valence-corrected chi connectivity index (χ1v) is 8.88. The Morgan fingerprint density at radius 1 is 0.621 bits per heavy atom. The molecule has 2 aromatic rings. The Bertz CT molecular complexity index is 795. The van der Waals surface area contributed by atoms with Crippen molar-refractivity contribution in [1.29, 1.82) is 0 Å². The van der Waals surface area contributed by atoms with E-state index >= 15 is 0 Å². The van der Waals surface area contributed by atoms with E-state index in [1.54, 1.807) is 0 Å². The van der Waals surface area contributed by atoms with Gasteiger partial charge in [-0.1, -0.05) is 12.1 Å². The molecular formula is C16H8Br2F8O3. The van der Waals surface area contributed by atoms with E-state index in [1.165, 1.54) is 12.1 Å². The molecule has 0 aromatic heterocycles. The first-order valence-electron chi connectivity index (χ1n) is 7.30. The van der Waals surface area contributed by atoms with Gasteiger partial charge in [-0.15, -0.1) is 0 Å². The molecule has 2 rings (SSSR count). The van der Waals surface area contributed by atoms with E-state index in [0.29, 0.717) is 0 Å². The fourth-order valence-electron chi connectivity index (χ4n) is 1.80. The third-order valence-electron chi connectivity index (χ3n) is 3.08. The van der Waals surface area contributed by atoms with Gasteiger partial charge in [0, 0.05) is 0 Å². The summed E-state index contributed by atoms with van der Waals surface area (Å²) in [7, 11) is 0. The Hall–Kier alpha value is -1.76. The van der Waals surface area contributed by atoms with Gasteiger partial charge in [-0.05, 0) is 56.1 Å². The molecule has 0 saturated carbocycles. The smallest absolute Gasteiger partial charge is 0.455 e. The third kappa shape index (κ3) is 5.65. The molecule has 0 saturated heterocycles. The van der Waals surface area contributed by atoms with Gasteiger partial charge >= 0.3 is 25.1 Å². The van der Waals surface area contributed by atoms with Gasteiger partial charge < -0.3 is 14.2 Å². The predicted molar refractivity (Wildman–Crippen MR) is 91.5 cm³/mol. The summed E-state index contributed by atoms with van der Waals surface area (Å²) in [6, 6.07) is 6.60. The lowest BCUT2D eigenvalue weighted by Gasteiger charge is -2.20. The fourth-order valence-corrected chi connectivity index (χ4v) is 2.65. The Labute approximate surface area is 174 Å². The second-order valence-electron chi connectivity index (χ2n) is 5.17. The average molecular weight is 560 g/mol. The molecule has 3 nitrogen and oxygen atoms in total. The largest absolute Gasteiger partial charge is 0.461 e. The summed E-state index contributed by atoms with van der Waals surface area (Å²) < 4.78 is 114. The second-order valence-corrected chi connectivity index (χ2v) is 6.75. The van der Waals surface area contributed by atoms with Gasteiger partial charge in [0.25, 0.3) is 0 Å². The zero-order valence-corrected chi connectivity index (χ0v) is 16.8. The van der Waals surface area contributed by atoms with Crippen molar-refractivity contribution in [3.05, 3.63) is 45.3 Å². The van der Waals surface area contributed by atoms with Crippen molar-refractivity contribution in [2.45, 2.75) is 25.1 Å². The van der Waals surface area contributed by atoms with Crippen LogP contribution in [-0.4, -0.2) is 25.1 Å². The van der Waals surface area contributed by atoms with Gasteiger partial charge in [-0.25, -0.2) is 0 Å². The van der Waals surface area contributed by atoms with Crippen LogP contribution in [0.2, 0.25) is 0 Å². The molecule has 0 atom stereocenters. The van der Waals surface area contributed by atoms with Crippen molar-refractivity contribution in [1.82, 2.24) is 0 Å². The predicted octanol–water partition coefficient (Wildman–Crippen LogP) is 7.48. The van der Waals surface area contributed by atoms with E-state index in [0.717, 1.165) is 24.3 Å². The van der Waals surface area contributed by atoms with Crippen molar-refractivity contribution in [2.24, 2.45) is 0 Å². The van der Waals surface area contributed by atoms with Gasteiger partial charge in [-0.2, -0.15) is 35.1 Å². The molecule has 0 aliphatic rings. The lowest BCUT2D eigenvalue weighted by Crippen LogP contribution is -2.33. The molecule has 0 unspecified atom stereocenters. The van der Waals surface area contributed by atoms with E-state index in [1.807, 2.05) is 0 Å². The van der Waals surface area contributed by atoms with Crippen LogP contribution in [0, 0.1) is 0 Å². The van der Waals surface area contributed by atoms with E-state index < -0.39 is 36.6 Å².